The van der Waals surface area contributed by atoms with Crippen molar-refractivity contribution in [3.8, 4) is 0 Å². The molecule has 20 heavy (non-hydrogen) atoms. The number of nitrogens with one attached hydrogen (secondary N) is 1. The molecule has 1 saturated carbocycles. The lowest BCUT2D eigenvalue weighted by Crippen LogP contribution is -2.29. The number of fused-ring (bicyclic) bond motifs is 1. The summed E-state index contributed by atoms with van der Waals surface area (Å²) in [4.78, 5) is 4.37. The highest BCUT2D eigenvalue weighted by atomic mass is 35.5. The summed E-state index contributed by atoms with van der Waals surface area (Å²) in [6, 6.07) is 8.29. The Bertz CT molecular complexity index is 591. The third kappa shape index (κ3) is 3.05. The molecule has 2 aromatic rings. The summed E-state index contributed by atoms with van der Waals surface area (Å²) in [5.74, 6) is 0.727. The number of aromatic nitrogens is 1. The summed E-state index contributed by atoms with van der Waals surface area (Å²) in [7, 11) is 0. The van der Waals surface area contributed by atoms with Crippen molar-refractivity contribution < 1.29 is 0 Å². The molecule has 1 aromatic heterocycles. The van der Waals surface area contributed by atoms with E-state index in [1.807, 2.05) is 30.5 Å². The zero-order valence-electron chi connectivity index (χ0n) is 11.5. The third-order valence-electron chi connectivity index (χ3n) is 4.18. The number of halogens is 1. The van der Waals surface area contributed by atoms with Crippen molar-refractivity contribution in [2.75, 3.05) is 11.9 Å². The van der Waals surface area contributed by atoms with Crippen LogP contribution in [0.25, 0.3) is 10.9 Å². The molecule has 0 unspecified atom stereocenters. The van der Waals surface area contributed by atoms with Gasteiger partial charge in [-0.25, -0.2) is 0 Å². The fraction of sp³-hybridized carbons (Fsp3) is 0.438. The largest absolute Gasteiger partial charge is 0.384 e. The Labute approximate surface area is 124 Å². The standard InChI is InChI=1S/C16H20ClN3/c17-12-3-6-14-15(7-8-19-16(14)9-12)20-10-11-1-4-13(18)5-2-11/h3,6-9,11,13H,1-2,4-5,10,18H2,(H,19,20). The first-order chi connectivity index (χ1) is 9.72. The summed E-state index contributed by atoms with van der Waals surface area (Å²) in [5, 5.41) is 5.42. The summed E-state index contributed by atoms with van der Waals surface area (Å²) >= 11 is 6.01. The molecule has 3 nitrogen and oxygen atoms in total. The predicted molar refractivity (Wildman–Crippen MR) is 85.2 cm³/mol. The molecule has 0 saturated heterocycles. The molecule has 1 heterocycles. The second kappa shape index (κ2) is 5.98. The van der Waals surface area contributed by atoms with Crippen molar-refractivity contribution in [2.24, 2.45) is 11.7 Å². The maximum atomic E-state index is 6.01. The van der Waals surface area contributed by atoms with Gasteiger partial charge >= 0.3 is 0 Å². The molecule has 3 N–H and O–H groups in total. The van der Waals surface area contributed by atoms with E-state index in [4.69, 9.17) is 17.3 Å². The second-order valence-corrected chi connectivity index (χ2v) is 6.12. The van der Waals surface area contributed by atoms with E-state index < -0.39 is 0 Å². The number of nitrogens with zero attached hydrogens (tertiary/aromatic N) is 1. The number of hydrogen-bond donors (Lipinski definition) is 2. The first-order valence-corrected chi connectivity index (χ1v) is 7.64. The van der Waals surface area contributed by atoms with Crippen LogP contribution < -0.4 is 11.1 Å². The Morgan fingerprint density at radius 2 is 2.00 bits per heavy atom. The van der Waals surface area contributed by atoms with E-state index in [-0.39, 0.29) is 0 Å². The highest BCUT2D eigenvalue weighted by Crippen LogP contribution is 2.27. The Morgan fingerprint density at radius 1 is 1.20 bits per heavy atom. The van der Waals surface area contributed by atoms with Gasteiger partial charge in [0.15, 0.2) is 0 Å². The molecule has 0 atom stereocenters. The molecule has 0 bridgehead atoms. The molecule has 0 aliphatic heterocycles. The fourth-order valence-electron chi connectivity index (χ4n) is 2.92. The van der Waals surface area contributed by atoms with Gasteiger partial charge in [-0.15, -0.1) is 0 Å². The van der Waals surface area contributed by atoms with Gasteiger partial charge in [0.1, 0.15) is 0 Å². The lowest BCUT2D eigenvalue weighted by atomic mass is 9.86. The topological polar surface area (TPSA) is 50.9 Å². The maximum Gasteiger partial charge on any atom is 0.0737 e. The molecular weight excluding hydrogens is 270 g/mol. The Hall–Kier alpha value is -1.32. The first kappa shape index (κ1) is 13.7. The minimum absolute atomic E-state index is 0.412. The van der Waals surface area contributed by atoms with Crippen molar-refractivity contribution in [1.82, 2.24) is 4.98 Å². The van der Waals surface area contributed by atoms with Crippen LogP contribution in [0.4, 0.5) is 5.69 Å². The number of nitrogens with two attached hydrogens (primary N) is 1. The second-order valence-electron chi connectivity index (χ2n) is 5.68. The fourth-order valence-corrected chi connectivity index (χ4v) is 3.09. The molecule has 0 spiro atoms. The van der Waals surface area contributed by atoms with E-state index in [9.17, 15) is 0 Å². The van der Waals surface area contributed by atoms with E-state index in [1.54, 1.807) is 0 Å². The van der Waals surface area contributed by atoms with Gasteiger partial charge in [-0.1, -0.05) is 11.6 Å². The minimum Gasteiger partial charge on any atom is -0.384 e. The van der Waals surface area contributed by atoms with Crippen molar-refractivity contribution in [2.45, 2.75) is 31.7 Å². The Morgan fingerprint density at radius 3 is 2.80 bits per heavy atom. The van der Waals surface area contributed by atoms with Crippen LogP contribution >= 0.6 is 11.6 Å². The van der Waals surface area contributed by atoms with Gasteiger partial charge in [-0.3, -0.25) is 4.98 Å². The van der Waals surface area contributed by atoms with Gasteiger partial charge in [0.2, 0.25) is 0 Å². The summed E-state index contributed by atoms with van der Waals surface area (Å²) in [5.41, 5.74) is 8.03. The molecule has 106 valence electrons. The van der Waals surface area contributed by atoms with Gasteiger partial charge in [-0.05, 0) is 55.9 Å². The molecule has 0 amide bonds. The van der Waals surface area contributed by atoms with Gasteiger partial charge in [0, 0.05) is 34.9 Å². The predicted octanol–water partition coefficient (Wildman–Crippen LogP) is 3.82. The molecule has 4 heteroatoms. The highest BCUT2D eigenvalue weighted by molar-refractivity contribution is 6.31. The van der Waals surface area contributed by atoms with Crippen LogP contribution in [-0.4, -0.2) is 17.6 Å². The van der Waals surface area contributed by atoms with Crippen LogP contribution in [0.15, 0.2) is 30.5 Å². The van der Waals surface area contributed by atoms with E-state index >= 15 is 0 Å². The molecule has 1 aromatic carbocycles. The first-order valence-electron chi connectivity index (χ1n) is 7.26. The number of benzene rings is 1. The smallest absolute Gasteiger partial charge is 0.0737 e. The van der Waals surface area contributed by atoms with Crippen LogP contribution in [-0.2, 0) is 0 Å². The maximum absolute atomic E-state index is 6.01. The van der Waals surface area contributed by atoms with Crippen LogP contribution in [0.5, 0.6) is 0 Å². The highest BCUT2D eigenvalue weighted by Gasteiger charge is 2.18. The van der Waals surface area contributed by atoms with Gasteiger partial charge in [0.05, 0.1) is 5.52 Å². The van der Waals surface area contributed by atoms with Gasteiger partial charge in [0.25, 0.3) is 0 Å². The molecular formula is C16H20ClN3. The van der Waals surface area contributed by atoms with Crippen molar-refractivity contribution in [1.29, 1.82) is 0 Å². The normalized spacial score (nSPS) is 22.9. The van der Waals surface area contributed by atoms with Crippen molar-refractivity contribution in [3.63, 3.8) is 0 Å². The van der Waals surface area contributed by atoms with E-state index in [2.05, 4.69) is 10.3 Å². The summed E-state index contributed by atoms with van der Waals surface area (Å²) < 4.78 is 0. The number of rotatable bonds is 3. The molecule has 1 aliphatic rings. The third-order valence-corrected chi connectivity index (χ3v) is 4.41. The van der Waals surface area contributed by atoms with Gasteiger partial charge in [-0.2, -0.15) is 0 Å². The SMILES string of the molecule is NC1CCC(CNc2ccnc3cc(Cl)ccc23)CC1. The molecule has 3 rings (SSSR count). The number of pyridine rings is 1. The van der Waals surface area contributed by atoms with Crippen molar-refractivity contribution >= 4 is 28.2 Å². The lowest BCUT2D eigenvalue weighted by Gasteiger charge is -2.26. The number of anilines is 1. The minimum atomic E-state index is 0.412. The zero-order valence-corrected chi connectivity index (χ0v) is 12.2. The van der Waals surface area contributed by atoms with Crippen LogP contribution in [0.2, 0.25) is 5.02 Å². The van der Waals surface area contributed by atoms with E-state index in [1.165, 1.54) is 12.8 Å². The van der Waals surface area contributed by atoms with Gasteiger partial charge < -0.3 is 11.1 Å². The van der Waals surface area contributed by atoms with E-state index in [0.717, 1.165) is 46.9 Å². The number of hydrogen-bond acceptors (Lipinski definition) is 3. The molecule has 1 aliphatic carbocycles. The summed E-state index contributed by atoms with van der Waals surface area (Å²) in [6.45, 7) is 1.01. The summed E-state index contributed by atoms with van der Waals surface area (Å²) in [6.07, 6.45) is 6.59. The van der Waals surface area contributed by atoms with Crippen LogP contribution in [0.3, 0.4) is 0 Å². The van der Waals surface area contributed by atoms with E-state index in [0.29, 0.717) is 6.04 Å². The quantitative estimate of drug-likeness (QED) is 0.903. The van der Waals surface area contributed by atoms with Crippen LogP contribution in [0.1, 0.15) is 25.7 Å². The Balaban J connectivity index is 1.71. The monoisotopic (exact) mass is 289 g/mol. The van der Waals surface area contributed by atoms with Crippen molar-refractivity contribution in [3.05, 3.63) is 35.5 Å². The zero-order chi connectivity index (χ0) is 13.9. The molecule has 0 radical (unpaired) electrons. The average molecular weight is 290 g/mol. The lowest BCUT2D eigenvalue weighted by molar-refractivity contribution is 0.339. The average Bonchev–Trinajstić information content (AvgIpc) is 2.46. The molecule has 1 fully saturated rings. The Kier molecular flexibility index (Phi) is 4.08. The van der Waals surface area contributed by atoms with Crippen LogP contribution in [0, 0.1) is 5.92 Å².